The second kappa shape index (κ2) is 8.51. The second-order valence-corrected chi connectivity index (χ2v) is 5.62. The van der Waals surface area contributed by atoms with Crippen LogP contribution in [0.3, 0.4) is 0 Å². The highest BCUT2D eigenvalue weighted by molar-refractivity contribution is 5.70. The van der Waals surface area contributed by atoms with Gasteiger partial charge in [-0.2, -0.15) is 5.48 Å². The standard InChI is InChI=1S/C14H27NO4/c1-4-12(11(14(16)17)9-10(2)3)15-19-13-7-5-6-8-18-13/h10-13,15H,4-9H2,1-3H3,(H,16,17)/t11-,12?,13?/m0/s1. The lowest BCUT2D eigenvalue weighted by Crippen LogP contribution is -2.43. The van der Waals surface area contributed by atoms with Crippen LogP contribution < -0.4 is 5.48 Å². The number of aliphatic carboxylic acids is 1. The van der Waals surface area contributed by atoms with Crippen LogP contribution in [0, 0.1) is 11.8 Å². The Morgan fingerprint density at radius 1 is 1.47 bits per heavy atom. The van der Waals surface area contributed by atoms with Crippen LogP contribution in [0.1, 0.15) is 52.9 Å². The molecule has 3 atom stereocenters. The summed E-state index contributed by atoms with van der Waals surface area (Å²) in [6, 6.07) is -0.176. The first-order valence-electron chi connectivity index (χ1n) is 7.30. The van der Waals surface area contributed by atoms with Crippen molar-refractivity contribution in [2.75, 3.05) is 6.61 Å². The van der Waals surface area contributed by atoms with Crippen molar-refractivity contribution >= 4 is 5.97 Å². The van der Waals surface area contributed by atoms with E-state index >= 15 is 0 Å². The molecule has 112 valence electrons. The molecule has 19 heavy (non-hydrogen) atoms. The Morgan fingerprint density at radius 3 is 2.68 bits per heavy atom. The maximum atomic E-state index is 11.4. The summed E-state index contributed by atoms with van der Waals surface area (Å²) in [6.45, 7) is 6.76. The number of hydrogen-bond acceptors (Lipinski definition) is 4. The van der Waals surface area contributed by atoms with Gasteiger partial charge in [0.2, 0.25) is 0 Å². The molecule has 0 spiro atoms. The van der Waals surface area contributed by atoms with Crippen molar-refractivity contribution in [2.45, 2.75) is 65.2 Å². The zero-order valence-electron chi connectivity index (χ0n) is 12.2. The van der Waals surface area contributed by atoms with E-state index in [1.807, 2.05) is 20.8 Å². The highest BCUT2D eigenvalue weighted by Gasteiger charge is 2.28. The third-order valence-corrected chi connectivity index (χ3v) is 3.46. The Kier molecular flexibility index (Phi) is 7.34. The maximum Gasteiger partial charge on any atom is 0.308 e. The molecule has 5 heteroatoms. The quantitative estimate of drug-likeness (QED) is 0.665. The van der Waals surface area contributed by atoms with Crippen LogP contribution in [0.5, 0.6) is 0 Å². The zero-order chi connectivity index (χ0) is 14.3. The molecule has 0 radical (unpaired) electrons. The molecule has 1 saturated heterocycles. The first-order valence-corrected chi connectivity index (χ1v) is 7.30. The summed E-state index contributed by atoms with van der Waals surface area (Å²) in [5.74, 6) is -0.835. The van der Waals surface area contributed by atoms with Crippen molar-refractivity contribution in [3.63, 3.8) is 0 Å². The van der Waals surface area contributed by atoms with Crippen molar-refractivity contribution in [3.8, 4) is 0 Å². The molecule has 1 aliphatic rings. The molecule has 5 nitrogen and oxygen atoms in total. The number of hydrogen-bond donors (Lipinski definition) is 2. The normalized spacial score (nSPS) is 23.3. The fourth-order valence-corrected chi connectivity index (χ4v) is 2.36. The van der Waals surface area contributed by atoms with Crippen molar-refractivity contribution < 1.29 is 19.5 Å². The Bertz CT molecular complexity index is 264. The zero-order valence-corrected chi connectivity index (χ0v) is 12.2. The molecule has 0 aromatic heterocycles. The number of carbonyl (C=O) groups is 1. The molecular weight excluding hydrogens is 246 g/mol. The first kappa shape index (κ1) is 16.4. The van der Waals surface area contributed by atoms with E-state index in [0.29, 0.717) is 12.3 Å². The summed E-state index contributed by atoms with van der Waals surface area (Å²) in [6.07, 6.45) is 4.16. The first-order chi connectivity index (χ1) is 9.04. The minimum atomic E-state index is -0.763. The van der Waals surface area contributed by atoms with Gasteiger partial charge >= 0.3 is 5.97 Å². The minimum absolute atomic E-state index is 0.176. The van der Waals surface area contributed by atoms with Gasteiger partial charge in [0.25, 0.3) is 0 Å². The van der Waals surface area contributed by atoms with E-state index in [-0.39, 0.29) is 12.3 Å². The summed E-state index contributed by atoms with van der Waals surface area (Å²) in [4.78, 5) is 16.9. The average Bonchev–Trinajstić information content (AvgIpc) is 2.38. The lowest BCUT2D eigenvalue weighted by Gasteiger charge is -2.28. The maximum absolute atomic E-state index is 11.4. The van der Waals surface area contributed by atoms with Crippen LogP contribution >= 0.6 is 0 Å². The van der Waals surface area contributed by atoms with E-state index in [2.05, 4.69) is 5.48 Å². The number of rotatable bonds is 8. The highest BCUT2D eigenvalue weighted by atomic mass is 16.8. The Hall–Kier alpha value is -0.650. The molecule has 0 aliphatic carbocycles. The molecule has 0 amide bonds. The van der Waals surface area contributed by atoms with Crippen molar-refractivity contribution in [2.24, 2.45) is 11.8 Å². The number of ether oxygens (including phenoxy) is 1. The fourth-order valence-electron chi connectivity index (χ4n) is 2.36. The number of hydroxylamine groups is 1. The molecule has 2 unspecified atom stereocenters. The summed E-state index contributed by atoms with van der Waals surface area (Å²) in [5, 5.41) is 9.33. The molecule has 1 heterocycles. The monoisotopic (exact) mass is 273 g/mol. The summed E-state index contributed by atoms with van der Waals surface area (Å²) < 4.78 is 5.46. The Balaban J connectivity index is 2.46. The minimum Gasteiger partial charge on any atom is -0.481 e. The van der Waals surface area contributed by atoms with Gasteiger partial charge in [0.05, 0.1) is 5.92 Å². The molecule has 0 aromatic rings. The van der Waals surface area contributed by atoms with E-state index in [0.717, 1.165) is 32.3 Å². The lowest BCUT2D eigenvalue weighted by atomic mass is 9.89. The van der Waals surface area contributed by atoms with Crippen molar-refractivity contribution in [1.29, 1.82) is 0 Å². The van der Waals surface area contributed by atoms with Crippen LogP contribution in [0.4, 0.5) is 0 Å². The second-order valence-electron chi connectivity index (χ2n) is 5.62. The predicted octanol–water partition coefficient (Wildman–Crippen LogP) is 2.56. The molecule has 0 bridgehead atoms. The number of carboxylic acid groups (broad SMARTS) is 1. The van der Waals surface area contributed by atoms with Gasteiger partial charge < -0.3 is 9.84 Å². The van der Waals surface area contributed by atoms with E-state index in [1.54, 1.807) is 0 Å². The number of nitrogens with one attached hydrogen (secondary N) is 1. The van der Waals surface area contributed by atoms with Crippen molar-refractivity contribution in [3.05, 3.63) is 0 Å². The predicted molar refractivity (Wildman–Crippen MR) is 72.5 cm³/mol. The van der Waals surface area contributed by atoms with Gasteiger partial charge in [-0.3, -0.25) is 9.63 Å². The third kappa shape index (κ3) is 5.89. The van der Waals surface area contributed by atoms with Crippen LogP contribution in [-0.2, 0) is 14.4 Å². The van der Waals surface area contributed by atoms with Crippen LogP contribution in [0.2, 0.25) is 0 Å². The summed E-state index contributed by atoms with van der Waals surface area (Å²) >= 11 is 0. The lowest BCUT2D eigenvalue weighted by molar-refractivity contribution is -0.208. The van der Waals surface area contributed by atoms with Gasteiger partial charge in [-0.05, 0) is 31.6 Å². The third-order valence-electron chi connectivity index (χ3n) is 3.46. The Labute approximate surface area is 115 Å². The van der Waals surface area contributed by atoms with Gasteiger partial charge in [0.1, 0.15) is 0 Å². The van der Waals surface area contributed by atoms with Gasteiger partial charge in [-0.15, -0.1) is 0 Å². The highest BCUT2D eigenvalue weighted by Crippen LogP contribution is 2.19. The molecule has 2 N–H and O–H groups in total. The summed E-state index contributed by atoms with van der Waals surface area (Å²) in [5.41, 5.74) is 2.92. The topological polar surface area (TPSA) is 67.8 Å². The van der Waals surface area contributed by atoms with E-state index in [9.17, 15) is 9.90 Å². The van der Waals surface area contributed by atoms with Gasteiger partial charge in [-0.1, -0.05) is 20.8 Å². The molecule has 0 aromatic carbocycles. The van der Waals surface area contributed by atoms with Gasteiger partial charge in [0, 0.05) is 19.1 Å². The molecule has 1 aliphatic heterocycles. The van der Waals surface area contributed by atoms with Crippen molar-refractivity contribution in [1.82, 2.24) is 5.48 Å². The van der Waals surface area contributed by atoms with Gasteiger partial charge in [-0.25, -0.2) is 0 Å². The fraction of sp³-hybridized carbons (Fsp3) is 0.929. The van der Waals surface area contributed by atoms with Crippen LogP contribution in [0.25, 0.3) is 0 Å². The van der Waals surface area contributed by atoms with Gasteiger partial charge in [0.15, 0.2) is 6.29 Å². The Morgan fingerprint density at radius 2 is 2.21 bits per heavy atom. The molecular formula is C14H27NO4. The SMILES string of the molecule is CCC(NOC1CCCCO1)[C@H](CC(C)C)C(=O)O. The molecule has 1 fully saturated rings. The van der Waals surface area contributed by atoms with E-state index in [1.165, 1.54) is 0 Å². The van der Waals surface area contributed by atoms with E-state index < -0.39 is 11.9 Å². The van der Waals surface area contributed by atoms with E-state index in [4.69, 9.17) is 9.57 Å². The molecule has 0 saturated carbocycles. The molecule has 1 rings (SSSR count). The largest absolute Gasteiger partial charge is 0.481 e. The number of carboxylic acids is 1. The van der Waals surface area contributed by atoms with Crippen LogP contribution in [-0.4, -0.2) is 30.0 Å². The average molecular weight is 273 g/mol. The smallest absolute Gasteiger partial charge is 0.308 e. The summed E-state index contributed by atoms with van der Waals surface area (Å²) in [7, 11) is 0. The van der Waals surface area contributed by atoms with Crippen LogP contribution in [0.15, 0.2) is 0 Å².